The molecular formula is C34H43N5O5S. The van der Waals surface area contributed by atoms with E-state index in [1.165, 1.54) is 19.1 Å². The summed E-state index contributed by atoms with van der Waals surface area (Å²) in [5, 5.41) is 2.86. The molecule has 10 nitrogen and oxygen atoms in total. The average Bonchev–Trinajstić information content (AvgIpc) is 2.92. The Bertz CT molecular complexity index is 1670. The van der Waals surface area contributed by atoms with Crippen LogP contribution >= 0.6 is 0 Å². The lowest BCUT2D eigenvalue weighted by Gasteiger charge is -2.47. The number of ether oxygens (including phenoxy) is 1. The zero-order valence-corrected chi connectivity index (χ0v) is 27.7. The first kappa shape index (κ1) is 32.4. The molecule has 1 aliphatic carbocycles. The molecule has 1 saturated carbocycles. The van der Waals surface area contributed by atoms with Gasteiger partial charge in [0.05, 0.1) is 16.6 Å². The van der Waals surface area contributed by atoms with Gasteiger partial charge in [-0.25, -0.2) is 18.1 Å². The molecule has 0 spiro atoms. The van der Waals surface area contributed by atoms with E-state index in [2.05, 4.69) is 40.8 Å². The highest BCUT2D eigenvalue weighted by atomic mass is 32.2. The largest absolute Gasteiger partial charge is 0.475 e. The number of rotatable bonds is 6. The smallest absolute Gasteiger partial charge is 0.264 e. The van der Waals surface area contributed by atoms with Crippen LogP contribution in [0.25, 0.3) is 11.3 Å². The maximum Gasteiger partial charge on any atom is 0.264 e. The Labute approximate surface area is 266 Å². The van der Waals surface area contributed by atoms with Crippen molar-refractivity contribution >= 4 is 27.8 Å². The number of nitrogens with one attached hydrogen (secondary N) is 2. The fourth-order valence-corrected chi connectivity index (χ4v) is 7.38. The molecule has 2 heterocycles. The van der Waals surface area contributed by atoms with E-state index in [-0.39, 0.29) is 52.6 Å². The number of fused-ring (bicyclic) bond motifs is 4. The van der Waals surface area contributed by atoms with Crippen molar-refractivity contribution in [3.8, 4) is 17.1 Å². The Morgan fingerprint density at radius 2 is 1.76 bits per heavy atom. The van der Waals surface area contributed by atoms with Crippen LogP contribution in [0.1, 0.15) is 74.9 Å². The van der Waals surface area contributed by atoms with Crippen LogP contribution < -0.4 is 14.8 Å². The number of anilines is 1. The lowest BCUT2D eigenvalue weighted by atomic mass is 9.75. The lowest BCUT2D eigenvalue weighted by Crippen LogP contribution is -2.55. The molecule has 45 heavy (non-hydrogen) atoms. The van der Waals surface area contributed by atoms with Crippen LogP contribution in [0.2, 0.25) is 0 Å². The molecule has 0 unspecified atom stereocenters. The fourth-order valence-electron chi connectivity index (χ4n) is 6.39. The van der Waals surface area contributed by atoms with Crippen LogP contribution in [0, 0.1) is 25.2 Å². The Balaban J connectivity index is 1.58. The van der Waals surface area contributed by atoms with Crippen molar-refractivity contribution in [3.05, 3.63) is 65.2 Å². The number of sulfonamides is 1. The molecule has 2 aromatic carbocycles. The molecule has 240 valence electrons. The van der Waals surface area contributed by atoms with Gasteiger partial charge in [0.2, 0.25) is 17.7 Å². The Morgan fingerprint density at radius 1 is 1.07 bits per heavy atom. The van der Waals surface area contributed by atoms with Gasteiger partial charge in [0.25, 0.3) is 15.9 Å². The van der Waals surface area contributed by atoms with E-state index in [0.717, 1.165) is 36.0 Å². The van der Waals surface area contributed by atoms with E-state index in [0.29, 0.717) is 30.1 Å². The molecule has 4 bridgehead atoms. The van der Waals surface area contributed by atoms with Crippen LogP contribution in [-0.4, -0.2) is 60.3 Å². The van der Waals surface area contributed by atoms with Crippen molar-refractivity contribution in [2.45, 2.75) is 84.2 Å². The van der Waals surface area contributed by atoms with Crippen molar-refractivity contribution in [1.82, 2.24) is 20.2 Å². The predicted octanol–water partition coefficient (Wildman–Crippen LogP) is 5.51. The number of aryl methyl sites for hydroxylation is 2. The van der Waals surface area contributed by atoms with E-state index in [1.54, 1.807) is 18.2 Å². The highest BCUT2D eigenvalue weighted by molar-refractivity contribution is 7.92. The summed E-state index contributed by atoms with van der Waals surface area (Å²) in [6.07, 6.45) is 3.08. The number of benzene rings is 2. The minimum absolute atomic E-state index is 0.0505. The van der Waals surface area contributed by atoms with Crippen molar-refractivity contribution in [2.24, 2.45) is 11.3 Å². The predicted molar refractivity (Wildman–Crippen MR) is 174 cm³/mol. The summed E-state index contributed by atoms with van der Waals surface area (Å²) in [5.41, 5.74) is 3.54. The van der Waals surface area contributed by atoms with Gasteiger partial charge >= 0.3 is 0 Å². The van der Waals surface area contributed by atoms with Gasteiger partial charge in [-0.3, -0.25) is 9.59 Å². The third kappa shape index (κ3) is 7.64. The second-order valence-electron chi connectivity index (χ2n) is 13.5. The van der Waals surface area contributed by atoms with Gasteiger partial charge in [-0.1, -0.05) is 45.0 Å². The van der Waals surface area contributed by atoms with Gasteiger partial charge in [-0.2, -0.15) is 4.98 Å². The van der Waals surface area contributed by atoms with Gasteiger partial charge < -0.3 is 15.0 Å². The summed E-state index contributed by atoms with van der Waals surface area (Å²) in [4.78, 5) is 36.6. The molecule has 1 fully saturated rings. The minimum atomic E-state index is -4.13. The van der Waals surface area contributed by atoms with Gasteiger partial charge in [-0.05, 0) is 80.2 Å². The zero-order valence-electron chi connectivity index (χ0n) is 26.9. The van der Waals surface area contributed by atoms with E-state index >= 15 is 0 Å². The second-order valence-corrected chi connectivity index (χ2v) is 15.2. The summed E-state index contributed by atoms with van der Waals surface area (Å²) in [7, 11) is -4.13. The van der Waals surface area contributed by atoms with E-state index in [1.807, 2.05) is 36.9 Å². The Hall–Kier alpha value is -3.99. The van der Waals surface area contributed by atoms with Gasteiger partial charge in [0.15, 0.2) is 0 Å². The maximum absolute atomic E-state index is 14.3. The second kappa shape index (κ2) is 12.8. The normalized spacial score (nSPS) is 21.2. The quantitative estimate of drug-likeness (QED) is 0.366. The first-order valence-corrected chi connectivity index (χ1v) is 17.0. The van der Waals surface area contributed by atoms with Crippen molar-refractivity contribution < 1.29 is 22.7 Å². The van der Waals surface area contributed by atoms with Gasteiger partial charge in [0.1, 0.15) is 6.61 Å². The first-order chi connectivity index (χ1) is 21.2. The highest BCUT2D eigenvalue weighted by Gasteiger charge is 2.41. The molecule has 2 N–H and O–H groups in total. The highest BCUT2D eigenvalue weighted by Crippen LogP contribution is 2.39. The third-order valence-corrected chi connectivity index (χ3v) is 9.81. The number of amides is 2. The number of aromatic nitrogens is 2. The molecular weight excluding hydrogens is 590 g/mol. The van der Waals surface area contributed by atoms with E-state index in [4.69, 9.17) is 4.74 Å². The number of hydrogen-bond acceptors (Lipinski definition) is 7. The van der Waals surface area contributed by atoms with Gasteiger partial charge in [-0.15, -0.1) is 0 Å². The summed E-state index contributed by atoms with van der Waals surface area (Å²) < 4.78 is 36.1. The topological polar surface area (TPSA) is 131 Å². The van der Waals surface area contributed by atoms with Crippen LogP contribution in [-0.2, 0) is 14.8 Å². The number of carbonyl (C=O) groups excluding carboxylic acids is 2. The number of hydrogen-bond donors (Lipinski definition) is 2. The molecule has 1 atom stereocenters. The van der Waals surface area contributed by atoms with E-state index < -0.39 is 10.0 Å². The molecule has 2 amide bonds. The van der Waals surface area contributed by atoms with Crippen LogP contribution in [0.15, 0.2) is 53.4 Å². The van der Waals surface area contributed by atoms with Crippen molar-refractivity contribution in [3.63, 3.8) is 0 Å². The van der Waals surface area contributed by atoms with E-state index in [9.17, 15) is 18.0 Å². The monoisotopic (exact) mass is 633 g/mol. The van der Waals surface area contributed by atoms with Crippen LogP contribution in [0.3, 0.4) is 0 Å². The molecule has 0 radical (unpaired) electrons. The van der Waals surface area contributed by atoms with Crippen molar-refractivity contribution in [1.29, 1.82) is 0 Å². The fraction of sp³-hybridized carbons (Fsp3) is 0.471. The third-order valence-electron chi connectivity index (χ3n) is 8.49. The molecule has 5 rings (SSSR count). The van der Waals surface area contributed by atoms with Gasteiger partial charge in [0, 0.05) is 36.7 Å². The Morgan fingerprint density at radius 3 is 2.42 bits per heavy atom. The summed E-state index contributed by atoms with van der Waals surface area (Å²) >= 11 is 0. The number of carbonyl (C=O) groups is 2. The first-order valence-electron chi connectivity index (χ1n) is 15.5. The molecule has 0 saturated heterocycles. The molecule has 11 heteroatoms. The summed E-state index contributed by atoms with van der Waals surface area (Å²) in [6.45, 7) is 12.6. The summed E-state index contributed by atoms with van der Waals surface area (Å²) in [6, 6.07) is 13.4. The average molecular weight is 634 g/mol. The summed E-state index contributed by atoms with van der Waals surface area (Å²) in [5.74, 6) is 0.199. The van der Waals surface area contributed by atoms with Crippen LogP contribution in [0.5, 0.6) is 5.88 Å². The zero-order chi connectivity index (χ0) is 32.5. The standard InChI is InChI=1S/C34H43N5O5S/c1-21-9-7-10-22(2)31(21)29-18-30-37-33(36-29)38-45(42,43)28-12-8-11-25(17-28)32(41)39(27(20-44-30)19-34(4,5)6)26-15-24(16-26)13-14-35-23(3)40/h7-12,17-18,24,26-27H,13-16,19-20H2,1-6H3,(H,35,40)(H,36,37,38)/t24?,26?,27-/m1/s1. The Kier molecular flexibility index (Phi) is 9.21. The lowest BCUT2D eigenvalue weighted by molar-refractivity contribution is -0.119. The van der Waals surface area contributed by atoms with Crippen LogP contribution in [0.4, 0.5) is 5.95 Å². The minimum Gasteiger partial charge on any atom is -0.475 e. The number of nitrogens with zero attached hydrogens (tertiary/aromatic N) is 3. The molecule has 1 aromatic heterocycles. The molecule has 2 aliphatic rings. The SMILES string of the molecule is CC(=O)NCCC1CC(N2C(=O)c3cccc(c3)S(=O)(=O)Nc3nc(cc(-c4c(C)cccc4C)n3)OC[C@H]2CC(C)(C)C)C1. The maximum atomic E-state index is 14.3. The van der Waals surface area contributed by atoms with Crippen molar-refractivity contribution in [2.75, 3.05) is 17.9 Å². The molecule has 3 aromatic rings. The molecule has 1 aliphatic heterocycles.